The molecule has 3 aliphatic rings. The summed E-state index contributed by atoms with van der Waals surface area (Å²) in [5.41, 5.74) is 2.84. The van der Waals surface area contributed by atoms with Gasteiger partial charge in [0.1, 0.15) is 11.5 Å². The molecule has 0 aromatic carbocycles. The average Bonchev–Trinajstić information content (AvgIpc) is 3.17. The molecule has 0 radical (unpaired) electrons. The first-order valence-electron chi connectivity index (χ1n) is 9.81. The summed E-state index contributed by atoms with van der Waals surface area (Å²) >= 11 is 13.0. The van der Waals surface area contributed by atoms with Gasteiger partial charge < -0.3 is 15.2 Å². The van der Waals surface area contributed by atoms with Crippen molar-refractivity contribution in [2.24, 2.45) is 5.92 Å². The molecule has 0 unspecified atom stereocenters. The van der Waals surface area contributed by atoms with Crippen molar-refractivity contribution >= 4 is 28.8 Å². The minimum absolute atomic E-state index is 0.455. The third-order valence-electron chi connectivity index (χ3n) is 5.68. The smallest absolute Gasteiger partial charge is 0.144 e. The van der Waals surface area contributed by atoms with Crippen molar-refractivity contribution in [3.8, 4) is 0 Å². The molecule has 6 heteroatoms. The van der Waals surface area contributed by atoms with E-state index in [-0.39, 0.29) is 0 Å². The molecule has 0 bridgehead atoms. The van der Waals surface area contributed by atoms with Crippen LogP contribution in [0.2, 0.25) is 0 Å². The molecular formula is C20H27Cl2N3O. The van der Waals surface area contributed by atoms with Gasteiger partial charge in [-0.2, -0.15) is 0 Å². The summed E-state index contributed by atoms with van der Waals surface area (Å²) in [7, 11) is 0. The third-order valence-corrected chi connectivity index (χ3v) is 6.40. The second kappa shape index (κ2) is 8.05. The number of aromatic nitrogens is 1. The molecule has 142 valence electrons. The fraction of sp³-hybridized carbons (Fsp3) is 0.650. The van der Waals surface area contributed by atoms with Crippen molar-refractivity contribution in [1.29, 1.82) is 0 Å². The highest BCUT2D eigenvalue weighted by Crippen LogP contribution is 2.45. The standard InChI is InChI=1S/C20H27Cl2N3O/c1-12(9-13-7-8-23-10-13)24-11-15-19(25-26-20(15)14-5-6-14)18-16(21)3-2-4-17(18)22/h3,12-14,23-24H,2,4-11H2,1H3/t12-,13+/m0/s1. The molecule has 2 atom stereocenters. The number of hydrogen-bond donors (Lipinski definition) is 2. The molecular weight excluding hydrogens is 369 g/mol. The normalized spacial score (nSPS) is 24.9. The van der Waals surface area contributed by atoms with Crippen molar-refractivity contribution in [3.63, 3.8) is 0 Å². The Morgan fingerprint density at radius 2 is 2.19 bits per heavy atom. The highest BCUT2D eigenvalue weighted by atomic mass is 35.5. The van der Waals surface area contributed by atoms with Crippen molar-refractivity contribution in [2.75, 3.05) is 13.1 Å². The van der Waals surface area contributed by atoms with E-state index in [0.29, 0.717) is 17.0 Å². The lowest BCUT2D eigenvalue weighted by molar-refractivity contribution is 0.378. The van der Waals surface area contributed by atoms with Crippen LogP contribution in [0.3, 0.4) is 0 Å². The van der Waals surface area contributed by atoms with Crippen molar-refractivity contribution < 1.29 is 4.52 Å². The van der Waals surface area contributed by atoms with E-state index >= 15 is 0 Å². The molecule has 1 aromatic rings. The van der Waals surface area contributed by atoms with Gasteiger partial charge in [-0.25, -0.2) is 0 Å². The molecule has 26 heavy (non-hydrogen) atoms. The zero-order valence-electron chi connectivity index (χ0n) is 15.3. The van der Waals surface area contributed by atoms with E-state index < -0.39 is 0 Å². The zero-order valence-corrected chi connectivity index (χ0v) is 16.8. The topological polar surface area (TPSA) is 50.1 Å². The molecule has 2 aliphatic carbocycles. The van der Waals surface area contributed by atoms with E-state index in [1.807, 2.05) is 6.08 Å². The summed E-state index contributed by atoms with van der Waals surface area (Å²) in [5.74, 6) is 2.30. The number of allylic oxidation sites excluding steroid dienone is 4. The molecule has 2 fully saturated rings. The van der Waals surface area contributed by atoms with Gasteiger partial charge >= 0.3 is 0 Å². The van der Waals surface area contributed by atoms with Gasteiger partial charge in [-0.1, -0.05) is 34.4 Å². The molecule has 0 amide bonds. The lowest BCUT2D eigenvalue weighted by Gasteiger charge is -2.18. The second-order valence-electron chi connectivity index (χ2n) is 7.90. The van der Waals surface area contributed by atoms with Crippen LogP contribution in [-0.4, -0.2) is 24.3 Å². The Morgan fingerprint density at radius 1 is 1.35 bits per heavy atom. The summed E-state index contributed by atoms with van der Waals surface area (Å²) in [6.45, 7) is 5.31. The van der Waals surface area contributed by atoms with Crippen LogP contribution in [0.4, 0.5) is 0 Å². The Kier molecular flexibility index (Phi) is 5.75. The van der Waals surface area contributed by atoms with Gasteiger partial charge in [0.25, 0.3) is 0 Å². The fourth-order valence-electron chi connectivity index (χ4n) is 4.05. The fourth-order valence-corrected chi connectivity index (χ4v) is 4.72. The SMILES string of the molecule is C[C@@H](C[C@H]1CCNC1)NCc1c(C2=C(Cl)CCC=C2Cl)noc1C1CC1. The molecule has 2 N–H and O–H groups in total. The third kappa shape index (κ3) is 4.04. The van der Waals surface area contributed by atoms with Crippen LogP contribution < -0.4 is 10.6 Å². The lowest BCUT2D eigenvalue weighted by Crippen LogP contribution is -2.29. The maximum atomic E-state index is 6.51. The molecule has 4 rings (SSSR count). The molecule has 1 saturated carbocycles. The van der Waals surface area contributed by atoms with Crippen molar-refractivity contribution in [3.05, 3.63) is 33.2 Å². The number of rotatable bonds is 7. The number of nitrogens with one attached hydrogen (secondary N) is 2. The van der Waals surface area contributed by atoms with Crippen molar-refractivity contribution in [2.45, 2.75) is 64.0 Å². The van der Waals surface area contributed by atoms with Gasteiger partial charge in [0.2, 0.25) is 0 Å². The summed E-state index contributed by atoms with van der Waals surface area (Å²) in [6, 6.07) is 0.455. The maximum absolute atomic E-state index is 6.51. The summed E-state index contributed by atoms with van der Waals surface area (Å²) in [4.78, 5) is 0. The molecule has 1 aromatic heterocycles. The second-order valence-corrected chi connectivity index (χ2v) is 8.76. The van der Waals surface area contributed by atoms with Crippen LogP contribution >= 0.6 is 23.2 Å². The van der Waals surface area contributed by atoms with E-state index in [1.165, 1.54) is 25.7 Å². The van der Waals surface area contributed by atoms with Crippen LogP contribution in [0.15, 0.2) is 20.7 Å². The largest absolute Gasteiger partial charge is 0.360 e. The summed E-state index contributed by atoms with van der Waals surface area (Å²) in [6.07, 6.45) is 8.56. The first-order valence-corrected chi connectivity index (χ1v) is 10.6. The predicted octanol–water partition coefficient (Wildman–Crippen LogP) is 4.90. The molecule has 2 heterocycles. The number of nitrogens with zero attached hydrogens (tertiary/aromatic N) is 1. The van der Waals surface area contributed by atoms with Crippen LogP contribution in [0.5, 0.6) is 0 Å². The van der Waals surface area contributed by atoms with E-state index in [9.17, 15) is 0 Å². The van der Waals surface area contributed by atoms with Gasteiger partial charge in [0.15, 0.2) is 0 Å². The highest BCUT2D eigenvalue weighted by Gasteiger charge is 2.34. The first-order chi connectivity index (χ1) is 12.6. The van der Waals surface area contributed by atoms with Crippen molar-refractivity contribution in [1.82, 2.24) is 15.8 Å². The Hall–Kier alpha value is -0.810. The predicted molar refractivity (Wildman–Crippen MR) is 106 cm³/mol. The van der Waals surface area contributed by atoms with Gasteiger partial charge in [-0.3, -0.25) is 0 Å². The molecule has 4 nitrogen and oxygen atoms in total. The minimum atomic E-state index is 0.455. The first kappa shape index (κ1) is 18.5. The van der Waals surface area contributed by atoms with Gasteiger partial charge in [0.05, 0.1) is 0 Å². The Morgan fingerprint density at radius 3 is 2.88 bits per heavy atom. The van der Waals surface area contributed by atoms with Crippen LogP contribution in [0.25, 0.3) is 5.57 Å². The van der Waals surface area contributed by atoms with E-state index in [1.54, 1.807) is 0 Å². The lowest BCUT2D eigenvalue weighted by atomic mass is 9.97. The molecule has 1 aliphatic heterocycles. The Balaban J connectivity index is 1.52. The average molecular weight is 396 g/mol. The highest BCUT2D eigenvalue weighted by molar-refractivity contribution is 6.42. The number of hydrogen-bond acceptors (Lipinski definition) is 4. The van der Waals surface area contributed by atoms with Crippen LogP contribution in [-0.2, 0) is 6.54 Å². The summed E-state index contributed by atoms with van der Waals surface area (Å²) < 4.78 is 5.76. The summed E-state index contributed by atoms with van der Waals surface area (Å²) in [5, 5.41) is 13.0. The van der Waals surface area contributed by atoms with E-state index in [2.05, 4.69) is 22.7 Å². The van der Waals surface area contributed by atoms with Crippen LogP contribution in [0, 0.1) is 5.92 Å². The number of halogens is 2. The van der Waals surface area contributed by atoms with Gasteiger partial charge in [-0.05, 0) is 64.5 Å². The van der Waals surface area contributed by atoms with Gasteiger partial charge in [-0.15, -0.1) is 0 Å². The molecule has 0 spiro atoms. The van der Waals surface area contributed by atoms with E-state index in [4.69, 9.17) is 27.7 Å². The monoisotopic (exact) mass is 395 g/mol. The zero-order chi connectivity index (χ0) is 18.1. The van der Waals surface area contributed by atoms with Gasteiger partial charge in [0, 0.05) is 39.7 Å². The maximum Gasteiger partial charge on any atom is 0.144 e. The van der Waals surface area contributed by atoms with E-state index in [0.717, 1.165) is 66.0 Å². The van der Waals surface area contributed by atoms with Crippen LogP contribution in [0.1, 0.15) is 68.4 Å². The molecule has 1 saturated heterocycles. The Bertz CT molecular complexity index is 715. The quantitative estimate of drug-likeness (QED) is 0.689. The Labute approximate surface area is 165 Å². The minimum Gasteiger partial charge on any atom is -0.360 e.